The molecule has 1 amide bonds. The SMILES string of the molecule is CN(C(=O)c1cccnc1Cl)c1cc(Br)cnc1Cl. The average Bonchev–Trinajstić information content (AvgIpc) is 2.40. The summed E-state index contributed by atoms with van der Waals surface area (Å²) in [6, 6.07) is 4.96. The van der Waals surface area contributed by atoms with E-state index in [2.05, 4.69) is 25.9 Å². The predicted molar refractivity (Wildman–Crippen MR) is 78.9 cm³/mol. The number of hydrogen-bond acceptors (Lipinski definition) is 3. The Balaban J connectivity index is 2.39. The second-order valence-electron chi connectivity index (χ2n) is 3.67. The zero-order valence-corrected chi connectivity index (χ0v) is 12.9. The van der Waals surface area contributed by atoms with Gasteiger partial charge in [-0.3, -0.25) is 4.79 Å². The molecule has 4 nitrogen and oxygen atoms in total. The number of nitrogens with zero attached hydrogens (tertiary/aromatic N) is 3. The number of amides is 1. The molecule has 98 valence electrons. The molecule has 2 rings (SSSR count). The Morgan fingerprint density at radius 2 is 2.05 bits per heavy atom. The fraction of sp³-hybridized carbons (Fsp3) is 0.0833. The van der Waals surface area contributed by atoms with E-state index in [0.717, 1.165) is 4.47 Å². The van der Waals surface area contributed by atoms with E-state index in [1.54, 1.807) is 31.4 Å². The molecule has 0 N–H and O–H groups in total. The van der Waals surface area contributed by atoms with E-state index < -0.39 is 0 Å². The van der Waals surface area contributed by atoms with Gasteiger partial charge in [0.1, 0.15) is 5.15 Å². The smallest absolute Gasteiger partial charge is 0.261 e. The number of anilines is 1. The van der Waals surface area contributed by atoms with E-state index in [-0.39, 0.29) is 16.2 Å². The van der Waals surface area contributed by atoms with Gasteiger partial charge in [-0.1, -0.05) is 23.2 Å². The van der Waals surface area contributed by atoms with Gasteiger partial charge in [0.25, 0.3) is 5.91 Å². The quantitative estimate of drug-likeness (QED) is 0.764. The van der Waals surface area contributed by atoms with Gasteiger partial charge in [0, 0.05) is 23.9 Å². The van der Waals surface area contributed by atoms with Gasteiger partial charge in [0.05, 0.1) is 11.3 Å². The lowest BCUT2D eigenvalue weighted by molar-refractivity contribution is 0.0992. The van der Waals surface area contributed by atoms with Crippen LogP contribution >= 0.6 is 39.1 Å². The molecule has 0 atom stereocenters. The van der Waals surface area contributed by atoms with Gasteiger partial charge in [-0.05, 0) is 34.1 Å². The van der Waals surface area contributed by atoms with Crippen LogP contribution < -0.4 is 4.90 Å². The maximum absolute atomic E-state index is 12.3. The van der Waals surface area contributed by atoms with Crippen molar-refractivity contribution in [3.8, 4) is 0 Å². The van der Waals surface area contributed by atoms with Crippen LogP contribution in [0.3, 0.4) is 0 Å². The highest BCUT2D eigenvalue weighted by Gasteiger charge is 2.19. The van der Waals surface area contributed by atoms with E-state index in [4.69, 9.17) is 23.2 Å². The highest BCUT2D eigenvalue weighted by molar-refractivity contribution is 9.10. The Morgan fingerprint density at radius 1 is 1.32 bits per heavy atom. The zero-order chi connectivity index (χ0) is 14.0. The van der Waals surface area contributed by atoms with Crippen molar-refractivity contribution in [1.29, 1.82) is 0 Å². The maximum atomic E-state index is 12.3. The fourth-order valence-electron chi connectivity index (χ4n) is 1.48. The van der Waals surface area contributed by atoms with Crippen LogP contribution in [0.2, 0.25) is 10.3 Å². The first-order valence-electron chi connectivity index (χ1n) is 5.20. The van der Waals surface area contributed by atoms with Crippen LogP contribution in [0.4, 0.5) is 5.69 Å². The van der Waals surface area contributed by atoms with Crippen LogP contribution in [-0.2, 0) is 0 Å². The standard InChI is InChI=1S/C12H8BrCl2N3O/c1-18(9-5-7(13)6-17-11(9)15)12(19)8-3-2-4-16-10(8)14/h2-6H,1H3. The highest BCUT2D eigenvalue weighted by atomic mass is 79.9. The molecule has 2 aromatic rings. The van der Waals surface area contributed by atoms with Crippen LogP contribution in [0.1, 0.15) is 10.4 Å². The third-order valence-electron chi connectivity index (χ3n) is 2.44. The van der Waals surface area contributed by atoms with Crippen molar-refractivity contribution in [3.05, 3.63) is 50.9 Å². The Kier molecular flexibility index (Phi) is 4.39. The maximum Gasteiger partial charge on any atom is 0.261 e. The van der Waals surface area contributed by atoms with Crippen molar-refractivity contribution in [2.45, 2.75) is 0 Å². The third kappa shape index (κ3) is 3.05. The molecule has 0 radical (unpaired) electrons. The molecule has 2 aromatic heterocycles. The molecule has 0 unspecified atom stereocenters. The summed E-state index contributed by atoms with van der Waals surface area (Å²) in [6.45, 7) is 0. The minimum Gasteiger partial charge on any atom is -0.308 e. The Hall–Kier alpha value is -1.17. The van der Waals surface area contributed by atoms with Crippen LogP contribution in [0.15, 0.2) is 35.1 Å². The number of halogens is 3. The topological polar surface area (TPSA) is 46.1 Å². The molecule has 0 aliphatic rings. The van der Waals surface area contributed by atoms with Crippen LogP contribution in [0.25, 0.3) is 0 Å². The predicted octanol–water partition coefficient (Wildman–Crippen LogP) is 3.82. The fourth-order valence-corrected chi connectivity index (χ4v) is 2.23. The molecule has 2 heterocycles. The van der Waals surface area contributed by atoms with Crippen molar-refractivity contribution in [3.63, 3.8) is 0 Å². The lowest BCUT2D eigenvalue weighted by Crippen LogP contribution is -2.27. The number of hydrogen-bond donors (Lipinski definition) is 0. The third-order valence-corrected chi connectivity index (χ3v) is 3.47. The molecular weight excluding hydrogens is 353 g/mol. The van der Waals surface area contributed by atoms with Gasteiger partial charge < -0.3 is 4.90 Å². The summed E-state index contributed by atoms with van der Waals surface area (Å²) < 4.78 is 0.726. The number of rotatable bonds is 2. The normalized spacial score (nSPS) is 10.3. The number of pyridine rings is 2. The summed E-state index contributed by atoms with van der Waals surface area (Å²) in [5.74, 6) is -0.306. The molecule has 0 aliphatic heterocycles. The minimum absolute atomic E-state index is 0.151. The van der Waals surface area contributed by atoms with Crippen molar-refractivity contribution in [2.24, 2.45) is 0 Å². The van der Waals surface area contributed by atoms with E-state index in [0.29, 0.717) is 11.3 Å². The number of carbonyl (C=O) groups excluding carboxylic acids is 1. The first-order valence-corrected chi connectivity index (χ1v) is 6.75. The molecule has 19 heavy (non-hydrogen) atoms. The molecule has 0 aromatic carbocycles. The average molecular weight is 361 g/mol. The summed E-state index contributed by atoms with van der Waals surface area (Å²) in [5.41, 5.74) is 0.795. The molecule has 0 aliphatic carbocycles. The van der Waals surface area contributed by atoms with Gasteiger partial charge in [-0.15, -0.1) is 0 Å². The number of carbonyl (C=O) groups is 1. The highest BCUT2D eigenvalue weighted by Crippen LogP contribution is 2.27. The number of aromatic nitrogens is 2. The van der Waals surface area contributed by atoms with Crippen molar-refractivity contribution in [2.75, 3.05) is 11.9 Å². The molecule has 0 saturated carbocycles. The second kappa shape index (κ2) is 5.86. The van der Waals surface area contributed by atoms with Gasteiger partial charge in [0.15, 0.2) is 5.15 Å². The summed E-state index contributed by atoms with van der Waals surface area (Å²) in [5, 5.41) is 0.387. The molecule has 0 fully saturated rings. The second-order valence-corrected chi connectivity index (χ2v) is 5.30. The minimum atomic E-state index is -0.306. The largest absolute Gasteiger partial charge is 0.308 e. The monoisotopic (exact) mass is 359 g/mol. The molecule has 0 saturated heterocycles. The Labute approximate surface area is 128 Å². The van der Waals surface area contributed by atoms with E-state index in [9.17, 15) is 4.79 Å². The van der Waals surface area contributed by atoms with Crippen LogP contribution in [0.5, 0.6) is 0 Å². The molecule has 0 bridgehead atoms. The summed E-state index contributed by atoms with van der Waals surface area (Å²) >= 11 is 15.2. The van der Waals surface area contributed by atoms with E-state index in [1.165, 1.54) is 11.1 Å². The van der Waals surface area contributed by atoms with Gasteiger partial charge in [0.2, 0.25) is 0 Å². The summed E-state index contributed by atoms with van der Waals surface area (Å²) in [6.07, 6.45) is 3.08. The van der Waals surface area contributed by atoms with Crippen molar-refractivity contribution >= 4 is 50.7 Å². The first-order chi connectivity index (χ1) is 9.00. The van der Waals surface area contributed by atoms with Gasteiger partial charge in [-0.25, -0.2) is 9.97 Å². The lowest BCUT2D eigenvalue weighted by Gasteiger charge is -2.18. The van der Waals surface area contributed by atoms with Gasteiger partial charge >= 0.3 is 0 Å². The molecule has 7 heteroatoms. The van der Waals surface area contributed by atoms with Crippen molar-refractivity contribution < 1.29 is 4.79 Å². The summed E-state index contributed by atoms with van der Waals surface area (Å²) in [7, 11) is 1.60. The Morgan fingerprint density at radius 3 is 2.74 bits per heavy atom. The Bertz CT molecular complexity index is 636. The summed E-state index contributed by atoms with van der Waals surface area (Å²) in [4.78, 5) is 21.6. The zero-order valence-electron chi connectivity index (χ0n) is 9.77. The lowest BCUT2D eigenvalue weighted by atomic mass is 10.2. The van der Waals surface area contributed by atoms with Crippen LogP contribution in [0, 0.1) is 0 Å². The van der Waals surface area contributed by atoms with Crippen LogP contribution in [-0.4, -0.2) is 22.9 Å². The van der Waals surface area contributed by atoms with Crippen molar-refractivity contribution in [1.82, 2.24) is 9.97 Å². The molecular formula is C12H8BrCl2N3O. The van der Waals surface area contributed by atoms with E-state index >= 15 is 0 Å². The first kappa shape index (κ1) is 14.2. The van der Waals surface area contributed by atoms with Gasteiger partial charge in [-0.2, -0.15) is 0 Å². The molecule has 0 spiro atoms. The van der Waals surface area contributed by atoms with E-state index in [1.807, 2.05) is 0 Å².